The van der Waals surface area contributed by atoms with Crippen molar-refractivity contribution in [3.8, 4) is 39.1 Å². The number of benzene rings is 9. The van der Waals surface area contributed by atoms with E-state index in [1.54, 1.807) is 0 Å². The number of anilines is 3. The van der Waals surface area contributed by atoms with Gasteiger partial charge >= 0.3 is 182 Å². The second-order valence-electron chi connectivity index (χ2n) is 14.6. The Hall–Kier alpha value is -6.90. The first-order chi connectivity index (χ1) is 28.2. The summed E-state index contributed by atoms with van der Waals surface area (Å²) in [7, 11) is 0. The van der Waals surface area contributed by atoms with Crippen LogP contribution in [0.3, 0.4) is 0 Å². The summed E-state index contributed by atoms with van der Waals surface area (Å²) in [6.45, 7) is 0. The molecule has 0 atom stereocenters. The van der Waals surface area contributed by atoms with Gasteiger partial charge in [-0.15, -0.1) is 0 Å². The van der Waals surface area contributed by atoms with Gasteiger partial charge in [0.1, 0.15) is 0 Å². The van der Waals surface area contributed by atoms with Crippen LogP contribution in [0.1, 0.15) is 0 Å². The standard InChI is InChI=1S/C54H36N2Se/c1-3-11-37(12-4-1)38-19-27-44(28-20-38)55(46-31-23-40(24-32-46)42-26-34-54-50(36-42)48-16-8-10-18-53(48)57-54)45-29-21-39(22-30-45)41-25-33-52-49(35-41)47-15-7-9-17-51(47)56(52)43-13-5-2-6-14-43/h1-36H. The van der Waals surface area contributed by atoms with Crippen molar-refractivity contribution in [2.24, 2.45) is 0 Å². The molecule has 0 fully saturated rings. The van der Waals surface area contributed by atoms with E-state index in [1.807, 2.05) is 0 Å². The molecule has 11 rings (SSSR count). The summed E-state index contributed by atoms with van der Waals surface area (Å²) in [6.07, 6.45) is 0. The Morgan fingerprint density at radius 2 is 0.737 bits per heavy atom. The Balaban J connectivity index is 0.970. The van der Waals surface area contributed by atoms with Crippen molar-refractivity contribution in [2.75, 3.05) is 4.90 Å². The summed E-state index contributed by atoms with van der Waals surface area (Å²) in [5.41, 5.74) is 14.2. The van der Waals surface area contributed by atoms with Gasteiger partial charge < -0.3 is 4.57 Å². The Bertz CT molecular complexity index is 3200. The van der Waals surface area contributed by atoms with Crippen molar-refractivity contribution >= 4 is 72.7 Å². The number of aromatic nitrogens is 1. The molecule has 0 saturated carbocycles. The topological polar surface area (TPSA) is 8.17 Å². The van der Waals surface area contributed by atoms with Crippen molar-refractivity contribution in [2.45, 2.75) is 0 Å². The van der Waals surface area contributed by atoms with Crippen LogP contribution in [-0.2, 0) is 0 Å². The number of hydrogen-bond acceptors (Lipinski definition) is 1. The zero-order valence-electron chi connectivity index (χ0n) is 31.1. The summed E-state index contributed by atoms with van der Waals surface area (Å²) in [5.74, 6) is 0. The van der Waals surface area contributed by atoms with Gasteiger partial charge in [0.05, 0.1) is 11.0 Å². The average molecular weight is 792 g/mol. The van der Waals surface area contributed by atoms with Crippen LogP contribution in [0.15, 0.2) is 218 Å². The summed E-state index contributed by atoms with van der Waals surface area (Å²) >= 11 is 0.371. The first-order valence-corrected chi connectivity index (χ1v) is 21.1. The van der Waals surface area contributed by atoms with Crippen molar-refractivity contribution in [1.82, 2.24) is 4.57 Å². The molecule has 2 aromatic heterocycles. The second kappa shape index (κ2) is 14.0. The molecule has 0 aliphatic rings. The van der Waals surface area contributed by atoms with Crippen molar-refractivity contribution < 1.29 is 0 Å². The van der Waals surface area contributed by atoms with Crippen LogP contribution in [0.25, 0.3) is 80.2 Å². The van der Waals surface area contributed by atoms with Gasteiger partial charge in [0.25, 0.3) is 0 Å². The first-order valence-electron chi connectivity index (χ1n) is 19.4. The average Bonchev–Trinajstić information content (AvgIpc) is 3.83. The van der Waals surface area contributed by atoms with E-state index in [1.165, 1.54) is 80.2 Å². The van der Waals surface area contributed by atoms with E-state index in [9.17, 15) is 0 Å². The zero-order valence-corrected chi connectivity index (χ0v) is 32.8. The molecule has 0 aliphatic heterocycles. The fourth-order valence-corrected chi connectivity index (χ4v) is 10.7. The minimum absolute atomic E-state index is 0.371. The van der Waals surface area contributed by atoms with Crippen LogP contribution in [0, 0.1) is 0 Å². The maximum atomic E-state index is 2.38. The van der Waals surface area contributed by atoms with E-state index < -0.39 is 0 Å². The Morgan fingerprint density at radius 1 is 0.298 bits per heavy atom. The molecule has 0 radical (unpaired) electrons. The van der Waals surface area contributed by atoms with Crippen LogP contribution in [0.5, 0.6) is 0 Å². The van der Waals surface area contributed by atoms with Gasteiger partial charge in [-0.05, 0) is 52.6 Å². The van der Waals surface area contributed by atoms with Gasteiger partial charge in [0.2, 0.25) is 0 Å². The number of nitrogens with zero attached hydrogens (tertiary/aromatic N) is 2. The van der Waals surface area contributed by atoms with Gasteiger partial charge in [-0.3, -0.25) is 0 Å². The van der Waals surface area contributed by atoms with Gasteiger partial charge in [-0.2, -0.15) is 0 Å². The van der Waals surface area contributed by atoms with Gasteiger partial charge in [-0.25, -0.2) is 0 Å². The number of para-hydroxylation sites is 2. The summed E-state index contributed by atoms with van der Waals surface area (Å²) in [6, 6.07) is 79.7. The van der Waals surface area contributed by atoms with E-state index in [0.717, 1.165) is 17.1 Å². The molecular weight excluding hydrogens is 756 g/mol. The van der Waals surface area contributed by atoms with E-state index in [2.05, 4.69) is 228 Å². The molecule has 0 saturated heterocycles. The van der Waals surface area contributed by atoms with E-state index in [0.29, 0.717) is 14.5 Å². The summed E-state index contributed by atoms with van der Waals surface area (Å²) in [4.78, 5) is 2.36. The number of hydrogen-bond donors (Lipinski definition) is 0. The van der Waals surface area contributed by atoms with Crippen LogP contribution in [-0.4, -0.2) is 19.1 Å². The van der Waals surface area contributed by atoms with Crippen LogP contribution in [0.4, 0.5) is 17.1 Å². The molecule has 0 N–H and O–H groups in total. The quantitative estimate of drug-likeness (QED) is 0.146. The molecule has 0 unspecified atom stereocenters. The predicted molar refractivity (Wildman–Crippen MR) is 244 cm³/mol. The summed E-state index contributed by atoms with van der Waals surface area (Å²) < 4.78 is 5.31. The molecule has 0 bridgehead atoms. The molecule has 0 spiro atoms. The molecule has 0 amide bonds. The fraction of sp³-hybridized carbons (Fsp3) is 0. The minimum Gasteiger partial charge on any atom is -0.0617 e. The smallest absolute Gasteiger partial charge is 0.0617 e. The zero-order chi connectivity index (χ0) is 37.7. The van der Waals surface area contributed by atoms with Crippen LogP contribution in [0.2, 0.25) is 0 Å². The molecule has 0 aliphatic carbocycles. The molecule has 268 valence electrons. The molecule has 3 heteroatoms. The molecule has 2 heterocycles. The molecule has 11 aromatic rings. The molecule has 57 heavy (non-hydrogen) atoms. The van der Waals surface area contributed by atoms with E-state index in [4.69, 9.17) is 0 Å². The Kier molecular flexibility index (Phi) is 8.21. The SMILES string of the molecule is c1ccc(-c2ccc(N(c3ccc(-c4ccc5[se]c6ccccc6c5c4)cc3)c3ccc(-c4ccc5c(c4)c4ccccc4n5-c4ccccc4)cc3)cc2)cc1. The monoisotopic (exact) mass is 792 g/mol. The molecular formula is C54H36N2Se. The third-order valence-electron chi connectivity index (χ3n) is 11.2. The van der Waals surface area contributed by atoms with Crippen molar-refractivity contribution in [3.05, 3.63) is 218 Å². The van der Waals surface area contributed by atoms with Gasteiger partial charge in [0, 0.05) is 16.5 Å². The fourth-order valence-electron chi connectivity index (χ4n) is 8.40. The number of rotatable bonds is 7. The van der Waals surface area contributed by atoms with Gasteiger partial charge in [0.15, 0.2) is 0 Å². The molecule has 9 aromatic carbocycles. The predicted octanol–water partition coefficient (Wildman–Crippen LogP) is 14.6. The third-order valence-corrected chi connectivity index (χ3v) is 13.6. The van der Waals surface area contributed by atoms with Gasteiger partial charge in [-0.1, -0.05) is 72.8 Å². The number of fused-ring (bicyclic) bond motifs is 6. The second-order valence-corrected chi connectivity index (χ2v) is 16.8. The van der Waals surface area contributed by atoms with Crippen molar-refractivity contribution in [1.29, 1.82) is 0 Å². The summed E-state index contributed by atoms with van der Waals surface area (Å²) in [5, 5.41) is 5.28. The van der Waals surface area contributed by atoms with Crippen LogP contribution < -0.4 is 4.90 Å². The maximum absolute atomic E-state index is 2.38. The Labute approximate surface area is 337 Å². The normalized spacial score (nSPS) is 11.5. The van der Waals surface area contributed by atoms with Crippen molar-refractivity contribution in [3.63, 3.8) is 0 Å². The first kappa shape index (κ1) is 33.4. The van der Waals surface area contributed by atoms with Crippen LogP contribution >= 0.6 is 0 Å². The third kappa shape index (κ3) is 5.97. The minimum atomic E-state index is 0.371. The van der Waals surface area contributed by atoms with E-state index in [-0.39, 0.29) is 0 Å². The molecule has 2 nitrogen and oxygen atoms in total. The van der Waals surface area contributed by atoms with E-state index >= 15 is 0 Å². The Morgan fingerprint density at radius 3 is 1.39 bits per heavy atom.